The fourth-order valence-electron chi connectivity index (χ4n) is 3.64. The van der Waals surface area contributed by atoms with Crippen molar-refractivity contribution >= 4 is 5.91 Å². The van der Waals surface area contributed by atoms with Gasteiger partial charge in [0.2, 0.25) is 0 Å². The van der Waals surface area contributed by atoms with Gasteiger partial charge >= 0.3 is 0 Å². The van der Waals surface area contributed by atoms with Crippen molar-refractivity contribution < 1.29 is 4.79 Å². The topological polar surface area (TPSA) is 75.6 Å². The lowest BCUT2D eigenvalue weighted by molar-refractivity contribution is 0.0945. The summed E-state index contributed by atoms with van der Waals surface area (Å²) in [6, 6.07) is 10.2. The van der Waals surface area contributed by atoms with Crippen molar-refractivity contribution in [1.29, 1.82) is 0 Å². The SMILES string of the molecule is Cn1ncc(C(=O)NCC2CCc3cn[nH]c3C2)c1Cc1ccccc1. The van der Waals surface area contributed by atoms with Crippen LogP contribution in [0.5, 0.6) is 0 Å². The molecule has 2 N–H and O–H groups in total. The minimum absolute atomic E-state index is 0.0422. The highest BCUT2D eigenvalue weighted by Gasteiger charge is 2.22. The summed E-state index contributed by atoms with van der Waals surface area (Å²) in [4.78, 5) is 12.7. The number of aromatic amines is 1. The molecule has 134 valence electrons. The highest BCUT2D eigenvalue weighted by molar-refractivity contribution is 5.95. The molecule has 26 heavy (non-hydrogen) atoms. The molecule has 2 aromatic heterocycles. The molecule has 0 spiro atoms. The van der Waals surface area contributed by atoms with E-state index in [1.165, 1.54) is 16.8 Å². The monoisotopic (exact) mass is 349 g/mol. The van der Waals surface area contributed by atoms with Crippen LogP contribution in [0.3, 0.4) is 0 Å². The molecule has 3 aromatic rings. The van der Waals surface area contributed by atoms with Crippen LogP contribution in [0.25, 0.3) is 0 Å². The normalized spacial score (nSPS) is 16.3. The van der Waals surface area contributed by atoms with Gasteiger partial charge in [-0.15, -0.1) is 0 Å². The lowest BCUT2D eigenvalue weighted by Crippen LogP contribution is -2.32. The smallest absolute Gasteiger partial charge is 0.254 e. The van der Waals surface area contributed by atoms with E-state index < -0.39 is 0 Å². The lowest BCUT2D eigenvalue weighted by atomic mass is 9.88. The Kier molecular flexibility index (Phi) is 4.56. The van der Waals surface area contributed by atoms with Crippen LogP contribution in [0.4, 0.5) is 0 Å². The number of carbonyl (C=O) groups excluding carboxylic acids is 1. The van der Waals surface area contributed by atoms with E-state index in [-0.39, 0.29) is 5.91 Å². The van der Waals surface area contributed by atoms with Gasteiger partial charge in [0.1, 0.15) is 0 Å². The molecule has 1 unspecified atom stereocenters. The molecule has 0 aliphatic heterocycles. The minimum atomic E-state index is -0.0422. The van der Waals surface area contributed by atoms with Crippen LogP contribution < -0.4 is 5.32 Å². The Hall–Kier alpha value is -2.89. The van der Waals surface area contributed by atoms with Gasteiger partial charge in [-0.3, -0.25) is 14.6 Å². The molecule has 4 rings (SSSR count). The quantitative estimate of drug-likeness (QED) is 0.742. The van der Waals surface area contributed by atoms with Gasteiger partial charge in [-0.25, -0.2) is 0 Å². The van der Waals surface area contributed by atoms with Crippen LogP contribution in [0, 0.1) is 5.92 Å². The van der Waals surface area contributed by atoms with Gasteiger partial charge in [0.05, 0.1) is 23.7 Å². The van der Waals surface area contributed by atoms with Crippen LogP contribution >= 0.6 is 0 Å². The summed E-state index contributed by atoms with van der Waals surface area (Å²) in [5.41, 5.74) is 5.29. The number of amides is 1. The van der Waals surface area contributed by atoms with Gasteiger partial charge in [-0.05, 0) is 36.3 Å². The molecule has 6 nitrogen and oxygen atoms in total. The highest BCUT2D eigenvalue weighted by Crippen LogP contribution is 2.23. The van der Waals surface area contributed by atoms with Crippen LogP contribution in [-0.4, -0.2) is 32.4 Å². The predicted molar refractivity (Wildman–Crippen MR) is 98.9 cm³/mol. The Bertz CT molecular complexity index is 896. The standard InChI is InChI=1S/C20H23N5O/c1-25-19(10-14-5-3-2-4-6-14)17(13-23-25)20(26)21-11-15-7-8-16-12-22-24-18(16)9-15/h2-6,12-13,15H,7-11H2,1H3,(H,21,26)(H,22,24). The molecule has 6 heteroatoms. The summed E-state index contributed by atoms with van der Waals surface area (Å²) >= 11 is 0. The number of fused-ring (bicyclic) bond motifs is 1. The zero-order chi connectivity index (χ0) is 17.9. The van der Waals surface area contributed by atoms with Gasteiger partial charge in [0.15, 0.2) is 0 Å². The van der Waals surface area contributed by atoms with E-state index in [1.54, 1.807) is 10.9 Å². The number of hydrogen-bond donors (Lipinski definition) is 2. The number of H-pyrrole nitrogens is 1. The maximum atomic E-state index is 12.7. The number of nitrogens with zero attached hydrogens (tertiary/aromatic N) is 3. The van der Waals surface area contributed by atoms with E-state index in [0.717, 1.165) is 25.0 Å². The van der Waals surface area contributed by atoms with E-state index in [1.807, 2.05) is 31.4 Å². The molecule has 1 aliphatic rings. The average Bonchev–Trinajstić information content (AvgIpc) is 3.27. The molecule has 2 heterocycles. The van der Waals surface area contributed by atoms with Crippen LogP contribution in [0.1, 0.15) is 39.3 Å². The summed E-state index contributed by atoms with van der Waals surface area (Å²) in [6.07, 6.45) is 7.33. The summed E-state index contributed by atoms with van der Waals surface area (Å²) in [6.45, 7) is 0.678. The van der Waals surface area contributed by atoms with Gasteiger partial charge in [-0.2, -0.15) is 10.2 Å². The number of aryl methyl sites for hydroxylation is 2. The fraction of sp³-hybridized carbons (Fsp3) is 0.350. The second-order valence-corrected chi connectivity index (χ2v) is 6.98. The second-order valence-electron chi connectivity index (χ2n) is 6.98. The van der Waals surface area contributed by atoms with Crippen molar-refractivity contribution in [2.45, 2.75) is 25.7 Å². The number of rotatable bonds is 5. The third-order valence-corrected chi connectivity index (χ3v) is 5.19. The van der Waals surface area contributed by atoms with E-state index in [9.17, 15) is 4.79 Å². The maximum absolute atomic E-state index is 12.7. The Morgan fingerprint density at radius 3 is 3.00 bits per heavy atom. The van der Waals surface area contributed by atoms with E-state index in [0.29, 0.717) is 24.4 Å². The first-order valence-corrected chi connectivity index (χ1v) is 9.05. The number of hydrogen-bond acceptors (Lipinski definition) is 3. The highest BCUT2D eigenvalue weighted by atomic mass is 16.1. The number of benzene rings is 1. The van der Waals surface area contributed by atoms with Crippen molar-refractivity contribution in [3.63, 3.8) is 0 Å². The number of aromatic nitrogens is 4. The molecule has 0 bridgehead atoms. The molecule has 0 saturated carbocycles. The maximum Gasteiger partial charge on any atom is 0.254 e. The van der Waals surface area contributed by atoms with E-state index >= 15 is 0 Å². The number of nitrogens with one attached hydrogen (secondary N) is 2. The van der Waals surface area contributed by atoms with Crippen molar-refractivity contribution in [2.24, 2.45) is 13.0 Å². The third kappa shape index (κ3) is 3.40. The molecule has 1 amide bonds. The average molecular weight is 349 g/mol. The number of carbonyl (C=O) groups is 1. The largest absolute Gasteiger partial charge is 0.352 e. The summed E-state index contributed by atoms with van der Waals surface area (Å²) in [5, 5.41) is 14.6. The summed E-state index contributed by atoms with van der Waals surface area (Å²) in [5.74, 6) is 0.403. The first-order chi connectivity index (χ1) is 12.7. The molecule has 0 saturated heterocycles. The van der Waals surface area contributed by atoms with Crippen molar-refractivity contribution in [3.8, 4) is 0 Å². The molecular weight excluding hydrogens is 326 g/mol. The zero-order valence-corrected chi connectivity index (χ0v) is 14.9. The molecule has 1 aliphatic carbocycles. The molecule has 1 atom stereocenters. The van der Waals surface area contributed by atoms with Crippen LogP contribution in [0.15, 0.2) is 42.7 Å². The van der Waals surface area contributed by atoms with Crippen LogP contribution in [-0.2, 0) is 26.3 Å². The molecular formula is C20H23N5O. The first kappa shape index (κ1) is 16.6. The van der Waals surface area contributed by atoms with Gasteiger partial charge in [0.25, 0.3) is 5.91 Å². The van der Waals surface area contributed by atoms with Crippen molar-refractivity contribution in [3.05, 3.63) is 70.8 Å². The molecule has 1 aromatic carbocycles. The Labute approximate surface area is 152 Å². The molecule has 0 fully saturated rings. The summed E-state index contributed by atoms with van der Waals surface area (Å²) in [7, 11) is 1.88. The van der Waals surface area contributed by atoms with E-state index in [4.69, 9.17) is 0 Å². The second kappa shape index (κ2) is 7.15. The Balaban J connectivity index is 1.41. The fourth-order valence-corrected chi connectivity index (χ4v) is 3.64. The summed E-state index contributed by atoms with van der Waals surface area (Å²) < 4.78 is 1.79. The Morgan fingerprint density at radius 1 is 1.31 bits per heavy atom. The van der Waals surface area contributed by atoms with Crippen molar-refractivity contribution in [1.82, 2.24) is 25.3 Å². The first-order valence-electron chi connectivity index (χ1n) is 9.05. The van der Waals surface area contributed by atoms with Crippen molar-refractivity contribution in [2.75, 3.05) is 6.54 Å². The Morgan fingerprint density at radius 2 is 2.15 bits per heavy atom. The van der Waals surface area contributed by atoms with E-state index in [2.05, 4.69) is 32.7 Å². The lowest BCUT2D eigenvalue weighted by Gasteiger charge is -2.21. The zero-order valence-electron chi connectivity index (χ0n) is 14.9. The minimum Gasteiger partial charge on any atom is -0.352 e. The van der Waals surface area contributed by atoms with Crippen LogP contribution in [0.2, 0.25) is 0 Å². The predicted octanol–water partition coefficient (Wildman–Crippen LogP) is 2.27. The van der Waals surface area contributed by atoms with Gasteiger partial charge in [-0.1, -0.05) is 30.3 Å². The molecule has 0 radical (unpaired) electrons. The van der Waals surface area contributed by atoms with Gasteiger partial charge < -0.3 is 5.32 Å². The third-order valence-electron chi connectivity index (χ3n) is 5.19. The van der Waals surface area contributed by atoms with Gasteiger partial charge in [0, 0.05) is 25.7 Å².